The smallest absolute Gasteiger partial charge is 0.339 e. The monoisotopic (exact) mass is 417 g/mol. The van der Waals surface area contributed by atoms with E-state index < -0.39 is 11.4 Å². The molecule has 0 saturated carbocycles. The van der Waals surface area contributed by atoms with Gasteiger partial charge >= 0.3 is 5.97 Å². The zero-order chi connectivity index (χ0) is 22.2. The second kappa shape index (κ2) is 8.14. The minimum Gasteiger partial charge on any atom is -0.465 e. The van der Waals surface area contributed by atoms with E-state index in [2.05, 4.69) is 6.92 Å². The normalized spacial score (nSPS) is 17.5. The van der Waals surface area contributed by atoms with Crippen molar-refractivity contribution in [3.8, 4) is 0 Å². The lowest BCUT2D eigenvalue weighted by molar-refractivity contribution is -0.129. The molecular formula is C26H27NO4. The molecule has 1 aromatic carbocycles. The van der Waals surface area contributed by atoms with Crippen LogP contribution >= 0.6 is 0 Å². The number of hydrogen-bond donors (Lipinski definition) is 0. The van der Waals surface area contributed by atoms with Gasteiger partial charge in [-0.2, -0.15) is 0 Å². The van der Waals surface area contributed by atoms with Crippen LogP contribution in [0.5, 0.6) is 0 Å². The molecule has 0 aliphatic heterocycles. The van der Waals surface area contributed by atoms with E-state index in [9.17, 15) is 9.59 Å². The number of ketones is 1. The van der Waals surface area contributed by atoms with Crippen LogP contribution in [0.1, 0.15) is 61.5 Å². The Hall–Kier alpha value is -3.21. The third-order valence-electron chi connectivity index (χ3n) is 5.65. The number of rotatable bonds is 4. The predicted molar refractivity (Wildman–Crippen MR) is 121 cm³/mol. The summed E-state index contributed by atoms with van der Waals surface area (Å²) in [6.07, 6.45) is 5.20. The standard InChI is InChI=1S/C26H27NO4/c1-16-12-17(14-18-8-7-11-30-18)24-20(13-16)23(19-9-5-6-10-21(19)27-24)25(29)31-15-22(28)26(2,3)4/h5-11,14,16H,12-13,15H2,1-4H3/t16-/m0/s1. The van der Waals surface area contributed by atoms with E-state index in [-0.39, 0.29) is 12.4 Å². The quantitative estimate of drug-likeness (QED) is 0.508. The third kappa shape index (κ3) is 4.31. The Labute approximate surface area is 182 Å². The van der Waals surface area contributed by atoms with Crippen LogP contribution in [0, 0.1) is 11.3 Å². The van der Waals surface area contributed by atoms with Gasteiger partial charge in [0, 0.05) is 10.8 Å². The number of allylic oxidation sites excluding steroid dienone is 1. The van der Waals surface area contributed by atoms with Crippen LogP contribution in [0.3, 0.4) is 0 Å². The van der Waals surface area contributed by atoms with Crippen molar-refractivity contribution in [3.63, 3.8) is 0 Å². The molecule has 1 aliphatic carbocycles. The van der Waals surface area contributed by atoms with E-state index in [0.29, 0.717) is 11.5 Å². The fourth-order valence-electron chi connectivity index (χ4n) is 3.93. The summed E-state index contributed by atoms with van der Waals surface area (Å²) in [5.74, 6) is 0.503. The molecule has 0 N–H and O–H groups in total. The molecule has 160 valence electrons. The number of nitrogens with zero attached hydrogens (tertiary/aromatic N) is 1. The van der Waals surface area contributed by atoms with Crippen molar-refractivity contribution in [3.05, 3.63) is 65.2 Å². The van der Waals surface area contributed by atoms with Gasteiger partial charge in [0.1, 0.15) is 5.76 Å². The molecule has 0 unspecified atom stereocenters. The van der Waals surface area contributed by atoms with Crippen LogP contribution in [-0.2, 0) is 16.0 Å². The molecule has 1 aliphatic rings. The SMILES string of the molecule is C[C@H]1CC(=Cc2ccco2)c2nc3ccccc3c(C(=O)OCC(=O)C(C)(C)C)c2C1. The molecular weight excluding hydrogens is 390 g/mol. The zero-order valence-corrected chi connectivity index (χ0v) is 18.4. The minimum atomic E-state index is -0.562. The van der Waals surface area contributed by atoms with Gasteiger partial charge in [-0.15, -0.1) is 0 Å². The first-order chi connectivity index (χ1) is 14.7. The number of hydrogen-bond acceptors (Lipinski definition) is 5. The molecule has 3 aromatic rings. The number of furan rings is 1. The van der Waals surface area contributed by atoms with Crippen molar-refractivity contribution >= 4 is 34.3 Å². The molecule has 2 heterocycles. The summed E-state index contributed by atoms with van der Waals surface area (Å²) in [7, 11) is 0. The summed E-state index contributed by atoms with van der Waals surface area (Å²) in [6, 6.07) is 11.3. The van der Waals surface area contributed by atoms with E-state index in [1.54, 1.807) is 6.26 Å². The fourth-order valence-corrected chi connectivity index (χ4v) is 3.93. The number of aromatic nitrogens is 1. The van der Waals surface area contributed by atoms with Gasteiger partial charge in [-0.3, -0.25) is 4.79 Å². The number of carbonyl (C=O) groups excluding carboxylic acids is 2. The Morgan fingerprint density at radius 1 is 1.16 bits per heavy atom. The molecule has 4 rings (SSSR count). The number of pyridine rings is 1. The van der Waals surface area contributed by atoms with Gasteiger partial charge in [0.2, 0.25) is 0 Å². The Morgan fingerprint density at radius 3 is 2.65 bits per heavy atom. The van der Waals surface area contributed by atoms with Gasteiger partial charge < -0.3 is 9.15 Å². The van der Waals surface area contributed by atoms with Crippen molar-refractivity contribution in [2.75, 3.05) is 6.61 Å². The molecule has 5 nitrogen and oxygen atoms in total. The average Bonchev–Trinajstić information content (AvgIpc) is 3.22. The van der Waals surface area contributed by atoms with Crippen molar-refractivity contribution < 1.29 is 18.7 Å². The lowest BCUT2D eigenvalue weighted by atomic mass is 9.81. The highest BCUT2D eigenvalue weighted by Crippen LogP contribution is 2.38. The van der Waals surface area contributed by atoms with E-state index >= 15 is 0 Å². The van der Waals surface area contributed by atoms with E-state index in [1.165, 1.54) is 0 Å². The number of Topliss-reactive ketones (excluding diaryl/α,β-unsaturated/α-hetero) is 1. The number of fused-ring (bicyclic) bond motifs is 2. The minimum absolute atomic E-state index is 0.111. The topological polar surface area (TPSA) is 69.4 Å². The summed E-state index contributed by atoms with van der Waals surface area (Å²) >= 11 is 0. The van der Waals surface area contributed by atoms with Gasteiger partial charge in [-0.1, -0.05) is 45.9 Å². The second-order valence-electron chi connectivity index (χ2n) is 9.28. The molecule has 0 bridgehead atoms. The van der Waals surface area contributed by atoms with Crippen molar-refractivity contribution in [1.82, 2.24) is 4.98 Å². The lowest BCUT2D eigenvalue weighted by Gasteiger charge is -2.26. The van der Waals surface area contributed by atoms with Crippen LogP contribution in [-0.4, -0.2) is 23.3 Å². The molecule has 1 atom stereocenters. The van der Waals surface area contributed by atoms with Gasteiger partial charge in [0.05, 0.1) is 23.0 Å². The largest absolute Gasteiger partial charge is 0.465 e. The average molecular weight is 418 g/mol. The third-order valence-corrected chi connectivity index (χ3v) is 5.65. The Balaban J connectivity index is 1.82. The van der Waals surface area contributed by atoms with Crippen molar-refractivity contribution in [1.29, 1.82) is 0 Å². The van der Waals surface area contributed by atoms with Crippen molar-refractivity contribution in [2.45, 2.75) is 40.5 Å². The first-order valence-electron chi connectivity index (χ1n) is 10.6. The summed E-state index contributed by atoms with van der Waals surface area (Å²) in [4.78, 5) is 30.5. The highest BCUT2D eigenvalue weighted by molar-refractivity contribution is 6.07. The van der Waals surface area contributed by atoms with Gasteiger partial charge in [-0.25, -0.2) is 9.78 Å². The van der Waals surface area contributed by atoms with E-state index in [1.807, 2.05) is 63.2 Å². The maximum Gasteiger partial charge on any atom is 0.339 e. The van der Waals surface area contributed by atoms with Crippen LogP contribution in [0.25, 0.3) is 22.6 Å². The van der Waals surface area contributed by atoms with Crippen LogP contribution in [0.2, 0.25) is 0 Å². The van der Waals surface area contributed by atoms with E-state index in [4.69, 9.17) is 14.1 Å². The Bertz CT molecular complexity index is 1170. The molecule has 0 fully saturated rings. The van der Waals surface area contributed by atoms with Gasteiger partial charge in [-0.05, 0) is 54.2 Å². The predicted octanol–water partition coefficient (Wildman–Crippen LogP) is 5.72. The fraction of sp³-hybridized carbons (Fsp3) is 0.346. The second-order valence-corrected chi connectivity index (χ2v) is 9.28. The molecule has 0 radical (unpaired) electrons. The van der Waals surface area contributed by atoms with E-state index in [0.717, 1.165) is 46.3 Å². The molecule has 31 heavy (non-hydrogen) atoms. The van der Waals surface area contributed by atoms with Gasteiger partial charge in [0.15, 0.2) is 12.4 Å². The molecule has 0 amide bonds. The summed E-state index contributed by atoms with van der Waals surface area (Å²) in [5.41, 5.74) is 3.41. The number of benzene rings is 1. The molecule has 2 aromatic heterocycles. The summed E-state index contributed by atoms with van der Waals surface area (Å²) in [6.45, 7) is 7.38. The number of ether oxygens (including phenoxy) is 1. The van der Waals surface area contributed by atoms with Crippen LogP contribution < -0.4 is 0 Å². The van der Waals surface area contributed by atoms with Crippen LogP contribution in [0.4, 0.5) is 0 Å². The highest BCUT2D eigenvalue weighted by Gasteiger charge is 2.30. The lowest BCUT2D eigenvalue weighted by Crippen LogP contribution is -2.27. The molecule has 0 saturated heterocycles. The number of esters is 1. The zero-order valence-electron chi connectivity index (χ0n) is 18.4. The van der Waals surface area contributed by atoms with Crippen molar-refractivity contribution in [2.24, 2.45) is 11.3 Å². The Morgan fingerprint density at radius 2 is 1.94 bits per heavy atom. The number of para-hydroxylation sites is 1. The summed E-state index contributed by atoms with van der Waals surface area (Å²) < 4.78 is 11.0. The summed E-state index contributed by atoms with van der Waals surface area (Å²) in [5, 5.41) is 0.751. The Kier molecular flexibility index (Phi) is 5.52. The highest BCUT2D eigenvalue weighted by atomic mass is 16.5. The maximum atomic E-state index is 13.3. The molecule has 5 heteroatoms. The van der Waals surface area contributed by atoms with Gasteiger partial charge in [0.25, 0.3) is 0 Å². The maximum absolute atomic E-state index is 13.3. The van der Waals surface area contributed by atoms with Crippen LogP contribution in [0.15, 0.2) is 47.1 Å². The first-order valence-corrected chi connectivity index (χ1v) is 10.6. The molecule has 0 spiro atoms. The first kappa shape index (κ1) is 21.0. The number of carbonyl (C=O) groups is 2.